The standard InChI is InChI=1S/C17H29N3/c1-6-7-14-10-13(12-18-17(2,3)4)11-16(19-14)20(5)15-8-9-15/h10-11,15,18H,6-9,12H2,1-5H3. The van der Waals surface area contributed by atoms with Crippen LogP contribution in [0, 0.1) is 0 Å². The van der Waals surface area contributed by atoms with E-state index in [4.69, 9.17) is 4.98 Å². The lowest BCUT2D eigenvalue weighted by atomic mass is 10.1. The number of anilines is 1. The van der Waals surface area contributed by atoms with E-state index in [1.165, 1.54) is 24.1 Å². The van der Waals surface area contributed by atoms with Crippen molar-refractivity contribution in [2.75, 3.05) is 11.9 Å². The van der Waals surface area contributed by atoms with E-state index in [1.807, 2.05) is 0 Å². The van der Waals surface area contributed by atoms with Gasteiger partial charge in [-0.1, -0.05) is 13.3 Å². The number of nitrogens with one attached hydrogen (secondary N) is 1. The van der Waals surface area contributed by atoms with Crippen molar-refractivity contribution in [3.05, 3.63) is 23.4 Å². The predicted molar refractivity (Wildman–Crippen MR) is 86.2 cm³/mol. The minimum absolute atomic E-state index is 0.150. The highest BCUT2D eigenvalue weighted by atomic mass is 15.2. The SMILES string of the molecule is CCCc1cc(CNC(C)(C)C)cc(N(C)C2CC2)n1. The quantitative estimate of drug-likeness (QED) is 0.861. The van der Waals surface area contributed by atoms with Gasteiger partial charge in [-0.05, 0) is 57.7 Å². The van der Waals surface area contributed by atoms with Gasteiger partial charge >= 0.3 is 0 Å². The average molecular weight is 275 g/mol. The minimum atomic E-state index is 0.150. The maximum Gasteiger partial charge on any atom is 0.129 e. The summed E-state index contributed by atoms with van der Waals surface area (Å²) in [6.07, 6.45) is 4.84. The summed E-state index contributed by atoms with van der Waals surface area (Å²) < 4.78 is 0. The molecule has 3 nitrogen and oxygen atoms in total. The second-order valence-corrected chi connectivity index (χ2v) is 7.02. The fourth-order valence-electron chi connectivity index (χ4n) is 2.32. The number of rotatable bonds is 6. The molecule has 1 aromatic rings. The molecule has 0 saturated heterocycles. The van der Waals surface area contributed by atoms with Crippen LogP contribution in [0.2, 0.25) is 0 Å². The van der Waals surface area contributed by atoms with E-state index in [-0.39, 0.29) is 5.54 Å². The zero-order valence-corrected chi connectivity index (χ0v) is 13.7. The maximum atomic E-state index is 4.83. The Morgan fingerprint density at radius 1 is 1.30 bits per heavy atom. The van der Waals surface area contributed by atoms with Gasteiger partial charge in [-0.15, -0.1) is 0 Å². The van der Waals surface area contributed by atoms with Gasteiger partial charge < -0.3 is 10.2 Å². The van der Waals surface area contributed by atoms with Gasteiger partial charge in [0.15, 0.2) is 0 Å². The highest BCUT2D eigenvalue weighted by Gasteiger charge is 2.27. The molecule has 1 aliphatic carbocycles. The number of pyridine rings is 1. The van der Waals surface area contributed by atoms with Crippen molar-refractivity contribution in [2.24, 2.45) is 0 Å². The van der Waals surface area contributed by atoms with Crippen LogP contribution in [0.4, 0.5) is 5.82 Å². The third-order valence-corrected chi connectivity index (χ3v) is 3.71. The van der Waals surface area contributed by atoms with Crippen LogP contribution in [0.5, 0.6) is 0 Å². The van der Waals surface area contributed by atoms with Crippen LogP contribution in [-0.4, -0.2) is 23.6 Å². The summed E-state index contributed by atoms with van der Waals surface area (Å²) in [4.78, 5) is 7.17. The van der Waals surface area contributed by atoms with Gasteiger partial charge in [0.2, 0.25) is 0 Å². The Kier molecular flexibility index (Phi) is 4.69. The zero-order chi connectivity index (χ0) is 14.8. The van der Waals surface area contributed by atoms with E-state index in [2.05, 4.69) is 57.1 Å². The Bertz CT molecular complexity index is 444. The highest BCUT2D eigenvalue weighted by Crippen LogP contribution is 2.29. The number of hydrogen-bond acceptors (Lipinski definition) is 3. The number of hydrogen-bond donors (Lipinski definition) is 1. The molecule has 1 N–H and O–H groups in total. The first kappa shape index (κ1) is 15.3. The summed E-state index contributed by atoms with van der Waals surface area (Å²) in [7, 11) is 2.18. The van der Waals surface area contributed by atoms with E-state index in [0.29, 0.717) is 6.04 Å². The van der Waals surface area contributed by atoms with Crippen LogP contribution in [0.3, 0.4) is 0 Å². The molecule has 1 saturated carbocycles. The van der Waals surface area contributed by atoms with Gasteiger partial charge in [0.1, 0.15) is 5.82 Å². The summed E-state index contributed by atoms with van der Waals surface area (Å²) in [6, 6.07) is 5.21. The lowest BCUT2D eigenvalue weighted by molar-refractivity contribution is 0.424. The van der Waals surface area contributed by atoms with Crippen LogP contribution >= 0.6 is 0 Å². The highest BCUT2D eigenvalue weighted by molar-refractivity contribution is 5.44. The molecular weight excluding hydrogens is 246 g/mol. The van der Waals surface area contributed by atoms with E-state index in [9.17, 15) is 0 Å². The van der Waals surface area contributed by atoms with Crippen LogP contribution < -0.4 is 10.2 Å². The molecule has 0 radical (unpaired) electrons. The summed E-state index contributed by atoms with van der Waals surface area (Å²) in [5, 5.41) is 3.57. The second-order valence-electron chi connectivity index (χ2n) is 7.02. The number of nitrogens with zero attached hydrogens (tertiary/aromatic N) is 2. The lowest BCUT2D eigenvalue weighted by Gasteiger charge is -2.23. The van der Waals surface area contributed by atoms with Crippen molar-refractivity contribution in [1.29, 1.82) is 0 Å². The molecule has 0 aromatic carbocycles. The van der Waals surface area contributed by atoms with E-state index in [0.717, 1.165) is 25.2 Å². The summed E-state index contributed by atoms with van der Waals surface area (Å²) in [6.45, 7) is 9.75. The normalized spacial score (nSPS) is 15.4. The molecule has 2 rings (SSSR count). The van der Waals surface area contributed by atoms with Gasteiger partial charge in [0.05, 0.1) is 0 Å². The molecule has 1 heterocycles. The molecule has 20 heavy (non-hydrogen) atoms. The van der Waals surface area contributed by atoms with Crippen molar-refractivity contribution in [1.82, 2.24) is 10.3 Å². The fourth-order valence-corrected chi connectivity index (χ4v) is 2.32. The molecule has 0 amide bonds. The third-order valence-electron chi connectivity index (χ3n) is 3.71. The first-order valence-corrected chi connectivity index (χ1v) is 7.87. The molecular formula is C17H29N3. The molecule has 1 aliphatic rings. The molecule has 0 unspecified atom stereocenters. The second kappa shape index (κ2) is 6.13. The Balaban J connectivity index is 2.16. The van der Waals surface area contributed by atoms with Crippen molar-refractivity contribution in [2.45, 2.75) is 71.5 Å². The molecule has 112 valence electrons. The van der Waals surface area contributed by atoms with E-state index in [1.54, 1.807) is 0 Å². The van der Waals surface area contributed by atoms with Crippen molar-refractivity contribution < 1.29 is 0 Å². The maximum absolute atomic E-state index is 4.83. The molecule has 0 spiro atoms. The molecule has 3 heteroatoms. The van der Waals surface area contributed by atoms with Crippen LogP contribution in [0.1, 0.15) is 58.2 Å². The Morgan fingerprint density at radius 3 is 2.55 bits per heavy atom. The minimum Gasteiger partial charge on any atom is -0.357 e. The molecule has 1 aromatic heterocycles. The van der Waals surface area contributed by atoms with E-state index >= 15 is 0 Å². The molecule has 0 atom stereocenters. The average Bonchev–Trinajstić information content (AvgIpc) is 3.19. The Hall–Kier alpha value is -1.09. The number of aryl methyl sites for hydroxylation is 1. The van der Waals surface area contributed by atoms with Gasteiger partial charge in [-0.3, -0.25) is 0 Å². The fraction of sp³-hybridized carbons (Fsp3) is 0.706. The van der Waals surface area contributed by atoms with Gasteiger partial charge in [0.25, 0.3) is 0 Å². The van der Waals surface area contributed by atoms with Crippen LogP contribution in [0.25, 0.3) is 0 Å². The van der Waals surface area contributed by atoms with Crippen molar-refractivity contribution in [3.8, 4) is 0 Å². The Labute approximate surface area is 123 Å². The van der Waals surface area contributed by atoms with E-state index < -0.39 is 0 Å². The van der Waals surface area contributed by atoms with Crippen LogP contribution in [0.15, 0.2) is 12.1 Å². The zero-order valence-electron chi connectivity index (χ0n) is 13.7. The number of aromatic nitrogens is 1. The van der Waals surface area contributed by atoms with Crippen LogP contribution in [-0.2, 0) is 13.0 Å². The summed E-state index contributed by atoms with van der Waals surface area (Å²) in [5.41, 5.74) is 2.72. The largest absolute Gasteiger partial charge is 0.357 e. The van der Waals surface area contributed by atoms with Gasteiger partial charge in [0, 0.05) is 30.9 Å². The third kappa shape index (κ3) is 4.48. The molecule has 0 aliphatic heterocycles. The van der Waals surface area contributed by atoms with Gasteiger partial charge in [-0.25, -0.2) is 4.98 Å². The molecule has 0 bridgehead atoms. The van der Waals surface area contributed by atoms with Crippen molar-refractivity contribution >= 4 is 5.82 Å². The molecule has 1 fully saturated rings. The smallest absolute Gasteiger partial charge is 0.129 e. The van der Waals surface area contributed by atoms with Gasteiger partial charge in [-0.2, -0.15) is 0 Å². The first-order chi connectivity index (χ1) is 9.39. The Morgan fingerprint density at radius 2 is 2.00 bits per heavy atom. The summed E-state index contributed by atoms with van der Waals surface area (Å²) >= 11 is 0. The lowest BCUT2D eigenvalue weighted by Crippen LogP contribution is -2.35. The first-order valence-electron chi connectivity index (χ1n) is 7.87. The summed E-state index contributed by atoms with van der Waals surface area (Å²) in [5.74, 6) is 1.14. The topological polar surface area (TPSA) is 28.2 Å². The van der Waals surface area contributed by atoms with Crippen molar-refractivity contribution in [3.63, 3.8) is 0 Å². The predicted octanol–water partition coefficient (Wildman–Crippen LogP) is 3.52. The monoisotopic (exact) mass is 275 g/mol.